The normalized spacial score (nSPS) is 11.5. The minimum absolute atomic E-state index is 0.00818. The summed E-state index contributed by atoms with van der Waals surface area (Å²) in [5.41, 5.74) is -0.263. The fraction of sp³-hybridized carbons (Fsp3) is 0.105. The molecule has 0 unspecified atom stereocenters. The van der Waals surface area contributed by atoms with Crippen molar-refractivity contribution in [1.82, 2.24) is 0 Å². The van der Waals surface area contributed by atoms with Crippen molar-refractivity contribution in [2.75, 3.05) is 11.1 Å². The zero-order valence-corrected chi connectivity index (χ0v) is 14.9. The van der Waals surface area contributed by atoms with Gasteiger partial charge in [-0.1, -0.05) is 41.9 Å². The molecule has 1 amide bonds. The van der Waals surface area contributed by atoms with Gasteiger partial charge in [0.25, 0.3) is 0 Å². The highest BCUT2D eigenvalue weighted by atomic mass is 35.5. The van der Waals surface area contributed by atoms with E-state index in [1.165, 1.54) is 12.1 Å². The number of amides is 1. The van der Waals surface area contributed by atoms with E-state index >= 15 is 0 Å². The number of hydrogen-bond donors (Lipinski definition) is 1. The molecule has 0 radical (unpaired) electrons. The highest BCUT2D eigenvalue weighted by molar-refractivity contribution is 8.00. The van der Waals surface area contributed by atoms with Crippen LogP contribution in [0.1, 0.15) is 5.56 Å². The van der Waals surface area contributed by atoms with Crippen LogP contribution in [0.4, 0.5) is 18.9 Å². The minimum Gasteiger partial charge on any atom is -0.325 e. The van der Waals surface area contributed by atoms with E-state index in [1.54, 1.807) is 6.07 Å². The summed E-state index contributed by atoms with van der Waals surface area (Å²) < 4.78 is 38.6. The fourth-order valence-corrected chi connectivity index (χ4v) is 3.38. The third-order valence-corrected chi connectivity index (χ3v) is 4.97. The number of alkyl halides is 3. The highest BCUT2D eigenvalue weighted by Crippen LogP contribution is 2.37. The summed E-state index contributed by atoms with van der Waals surface area (Å²) in [5, 5.41) is 4.44. The highest BCUT2D eigenvalue weighted by Gasteiger charge is 2.33. The van der Waals surface area contributed by atoms with Crippen LogP contribution in [0.5, 0.6) is 0 Å². The quantitative estimate of drug-likeness (QED) is 0.529. The minimum atomic E-state index is -4.53. The van der Waals surface area contributed by atoms with Gasteiger partial charge in [0.05, 0.1) is 16.3 Å². The third-order valence-electron chi connectivity index (χ3n) is 3.65. The molecule has 0 spiro atoms. The number of anilines is 1. The summed E-state index contributed by atoms with van der Waals surface area (Å²) >= 11 is 6.61. The number of fused-ring (bicyclic) bond motifs is 1. The van der Waals surface area contributed by atoms with Gasteiger partial charge in [-0.25, -0.2) is 0 Å². The van der Waals surface area contributed by atoms with Crippen LogP contribution in [0.2, 0.25) is 5.02 Å². The number of rotatable bonds is 4. The number of halogens is 4. The summed E-state index contributed by atoms with van der Waals surface area (Å²) in [6.45, 7) is 0. The Hall–Kier alpha value is -2.18. The molecule has 0 aliphatic carbocycles. The van der Waals surface area contributed by atoms with E-state index in [1.807, 2.05) is 36.4 Å². The lowest BCUT2D eigenvalue weighted by Gasteiger charge is -2.11. The van der Waals surface area contributed by atoms with Gasteiger partial charge >= 0.3 is 6.18 Å². The average Bonchev–Trinajstić information content (AvgIpc) is 2.60. The Labute approximate surface area is 157 Å². The SMILES string of the molecule is O=C(CSc1ccc(Cl)c(C(F)(F)F)c1)Nc1ccc2ccccc2c1. The van der Waals surface area contributed by atoms with E-state index in [4.69, 9.17) is 11.6 Å². The Balaban J connectivity index is 1.65. The predicted molar refractivity (Wildman–Crippen MR) is 99.8 cm³/mol. The van der Waals surface area contributed by atoms with E-state index in [0.717, 1.165) is 28.6 Å². The molecule has 0 heterocycles. The van der Waals surface area contributed by atoms with Crippen LogP contribution in [0, 0.1) is 0 Å². The van der Waals surface area contributed by atoms with Gasteiger partial charge in [0.1, 0.15) is 0 Å². The Morgan fingerprint density at radius 1 is 1.00 bits per heavy atom. The molecule has 0 aliphatic rings. The standard InChI is InChI=1S/C19H13ClF3NOS/c20-17-8-7-15(10-16(17)19(21,22)23)26-11-18(25)24-14-6-5-12-3-1-2-4-13(12)9-14/h1-10H,11H2,(H,24,25). The van der Waals surface area contributed by atoms with Crippen molar-refractivity contribution in [3.8, 4) is 0 Å². The first-order valence-corrected chi connectivity index (χ1v) is 8.97. The summed E-state index contributed by atoms with van der Waals surface area (Å²) in [7, 11) is 0. The van der Waals surface area contributed by atoms with Crippen LogP contribution in [-0.2, 0) is 11.0 Å². The maximum absolute atomic E-state index is 12.9. The largest absolute Gasteiger partial charge is 0.417 e. The van der Waals surface area contributed by atoms with Crippen molar-refractivity contribution in [2.24, 2.45) is 0 Å². The Morgan fingerprint density at radius 3 is 2.46 bits per heavy atom. The molecule has 7 heteroatoms. The van der Waals surface area contributed by atoms with Crippen LogP contribution in [0.25, 0.3) is 10.8 Å². The van der Waals surface area contributed by atoms with Crippen LogP contribution < -0.4 is 5.32 Å². The monoisotopic (exact) mass is 395 g/mol. The van der Waals surface area contributed by atoms with Gasteiger partial charge in [-0.3, -0.25) is 4.79 Å². The Bertz CT molecular complexity index is 959. The second kappa shape index (κ2) is 7.60. The molecule has 134 valence electrons. The van der Waals surface area contributed by atoms with Crippen molar-refractivity contribution < 1.29 is 18.0 Å². The number of carbonyl (C=O) groups excluding carboxylic acids is 1. The zero-order chi connectivity index (χ0) is 18.7. The second-order valence-electron chi connectivity index (χ2n) is 5.54. The van der Waals surface area contributed by atoms with Crippen LogP contribution >= 0.6 is 23.4 Å². The van der Waals surface area contributed by atoms with E-state index in [2.05, 4.69) is 5.32 Å². The van der Waals surface area contributed by atoms with Gasteiger partial charge in [0.2, 0.25) is 5.91 Å². The summed E-state index contributed by atoms with van der Waals surface area (Å²) in [6, 6.07) is 16.9. The molecule has 0 saturated carbocycles. The first-order chi connectivity index (χ1) is 12.3. The molecule has 2 nitrogen and oxygen atoms in total. The molecule has 1 N–H and O–H groups in total. The first-order valence-electron chi connectivity index (χ1n) is 7.61. The van der Waals surface area contributed by atoms with E-state index in [-0.39, 0.29) is 16.7 Å². The van der Waals surface area contributed by atoms with E-state index in [0.29, 0.717) is 10.6 Å². The van der Waals surface area contributed by atoms with Crippen molar-refractivity contribution in [3.05, 3.63) is 71.2 Å². The number of hydrogen-bond acceptors (Lipinski definition) is 2. The Kier molecular flexibility index (Phi) is 5.44. The number of carbonyl (C=O) groups is 1. The van der Waals surface area contributed by atoms with Gasteiger partial charge in [-0.2, -0.15) is 13.2 Å². The molecule has 3 rings (SSSR count). The predicted octanol–water partition coefficient (Wildman–Crippen LogP) is 6.24. The molecular weight excluding hydrogens is 383 g/mol. The smallest absolute Gasteiger partial charge is 0.325 e. The average molecular weight is 396 g/mol. The maximum Gasteiger partial charge on any atom is 0.417 e. The number of thioether (sulfide) groups is 1. The first kappa shape index (κ1) is 18.6. The summed E-state index contributed by atoms with van der Waals surface area (Å²) in [5.74, 6) is -0.306. The summed E-state index contributed by atoms with van der Waals surface area (Å²) in [6.07, 6.45) is -4.53. The van der Waals surface area contributed by atoms with E-state index in [9.17, 15) is 18.0 Å². The van der Waals surface area contributed by atoms with Crippen molar-refractivity contribution in [3.63, 3.8) is 0 Å². The van der Waals surface area contributed by atoms with Crippen molar-refractivity contribution in [2.45, 2.75) is 11.1 Å². The molecule has 0 bridgehead atoms. The third kappa shape index (κ3) is 4.51. The number of benzene rings is 3. The lowest BCUT2D eigenvalue weighted by Crippen LogP contribution is -2.14. The topological polar surface area (TPSA) is 29.1 Å². The van der Waals surface area contributed by atoms with Gasteiger partial charge < -0.3 is 5.32 Å². The van der Waals surface area contributed by atoms with Gasteiger partial charge in [-0.05, 0) is 41.1 Å². The van der Waals surface area contributed by atoms with Gasteiger partial charge in [0, 0.05) is 10.6 Å². The van der Waals surface area contributed by atoms with Gasteiger partial charge in [-0.15, -0.1) is 11.8 Å². The lowest BCUT2D eigenvalue weighted by atomic mass is 10.1. The van der Waals surface area contributed by atoms with E-state index < -0.39 is 11.7 Å². The molecule has 3 aromatic rings. The number of nitrogens with one attached hydrogen (secondary N) is 1. The maximum atomic E-state index is 12.9. The Morgan fingerprint density at radius 2 is 1.73 bits per heavy atom. The molecule has 0 fully saturated rings. The second-order valence-corrected chi connectivity index (χ2v) is 6.99. The van der Waals surface area contributed by atoms with Crippen LogP contribution in [0.3, 0.4) is 0 Å². The molecule has 0 aromatic heterocycles. The lowest BCUT2D eigenvalue weighted by molar-refractivity contribution is -0.137. The summed E-state index contributed by atoms with van der Waals surface area (Å²) in [4.78, 5) is 12.4. The molecule has 26 heavy (non-hydrogen) atoms. The van der Waals surface area contributed by atoms with Crippen LogP contribution in [0.15, 0.2) is 65.6 Å². The zero-order valence-electron chi connectivity index (χ0n) is 13.3. The van der Waals surface area contributed by atoms with Crippen molar-refractivity contribution in [1.29, 1.82) is 0 Å². The van der Waals surface area contributed by atoms with Gasteiger partial charge in [0.15, 0.2) is 0 Å². The van der Waals surface area contributed by atoms with Crippen LogP contribution in [-0.4, -0.2) is 11.7 Å². The fourth-order valence-electron chi connectivity index (χ4n) is 2.42. The molecule has 0 saturated heterocycles. The molecule has 0 aliphatic heterocycles. The van der Waals surface area contributed by atoms with Crippen molar-refractivity contribution >= 4 is 45.7 Å². The molecular formula is C19H13ClF3NOS. The molecule has 3 aromatic carbocycles. The molecule has 0 atom stereocenters.